The third-order valence-electron chi connectivity index (χ3n) is 5.21. The summed E-state index contributed by atoms with van der Waals surface area (Å²) in [5.74, 6) is -0.656. The van der Waals surface area contributed by atoms with Crippen molar-refractivity contribution in [2.45, 2.75) is 45.3 Å². The van der Waals surface area contributed by atoms with Crippen LogP contribution >= 0.6 is 11.3 Å². The molecule has 2 atom stereocenters. The number of hydrogen-bond donors (Lipinski definition) is 1. The molecule has 1 unspecified atom stereocenters. The minimum atomic E-state index is -0.910. The van der Waals surface area contributed by atoms with Crippen molar-refractivity contribution < 1.29 is 28.6 Å². The fourth-order valence-corrected chi connectivity index (χ4v) is 4.35. The highest BCUT2D eigenvalue weighted by atomic mass is 32.1. The average Bonchev–Trinajstić information content (AvgIpc) is 3.28. The second-order valence-electron chi connectivity index (χ2n) is 7.49. The van der Waals surface area contributed by atoms with Gasteiger partial charge in [-0.05, 0) is 49.3 Å². The van der Waals surface area contributed by atoms with E-state index in [0.29, 0.717) is 12.8 Å². The predicted octanol–water partition coefficient (Wildman–Crippen LogP) is 3.71. The van der Waals surface area contributed by atoms with Crippen LogP contribution in [-0.2, 0) is 36.8 Å². The number of thiophene rings is 1. The Hall–Kier alpha value is -3.17. The summed E-state index contributed by atoms with van der Waals surface area (Å²) in [4.78, 5) is 39.9. The lowest BCUT2D eigenvalue weighted by molar-refractivity contribution is -0.146. The molecule has 0 radical (unpaired) electrons. The first-order valence-corrected chi connectivity index (χ1v) is 11.6. The molecule has 2 heterocycles. The highest BCUT2D eigenvalue weighted by Gasteiger charge is 2.33. The highest BCUT2D eigenvalue weighted by molar-refractivity contribution is 7.11. The van der Waals surface area contributed by atoms with Gasteiger partial charge in [0.15, 0.2) is 0 Å². The fraction of sp³-hybridized carbons (Fsp3) is 0.375. The molecule has 1 aromatic heterocycles. The Morgan fingerprint density at radius 3 is 2.64 bits per heavy atom. The van der Waals surface area contributed by atoms with Crippen molar-refractivity contribution in [3.05, 3.63) is 63.7 Å². The lowest BCUT2D eigenvalue weighted by Gasteiger charge is -2.31. The van der Waals surface area contributed by atoms with E-state index in [2.05, 4.69) is 10.1 Å². The van der Waals surface area contributed by atoms with Gasteiger partial charge >= 0.3 is 12.1 Å². The molecule has 0 bridgehead atoms. The van der Waals surface area contributed by atoms with Crippen LogP contribution in [0.5, 0.6) is 0 Å². The molecular formula is C24H28N2O6S. The molecule has 1 aliphatic rings. The van der Waals surface area contributed by atoms with Crippen LogP contribution in [0.4, 0.5) is 4.79 Å². The van der Waals surface area contributed by atoms with E-state index in [0.717, 1.165) is 16.0 Å². The van der Waals surface area contributed by atoms with Crippen LogP contribution in [0.1, 0.15) is 36.3 Å². The van der Waals surface area contributed by atoms with Crippen molar-refractivity contribution in [1.29, 1.82) is 0 Å². The van der Waals surface area contributed by atoms with E-state index in [9.17, 15) is 14.4 Å². The molecule has 0 saturated carbocycles. The number of carbonyl (C=O) groups excluding carboxylic acids is 3. The zero-order valence-electron chi connectivity index (χ0n) is 18.9. The number of rotatable bonds is 9. The van der Waals surface area contributed by atoms with Gasteiger partial charge in [-0.1, -0.05) is 30.3 Å². The number of esters is 1. The SMILES string of the molecule is CCOC(=O)C(CCc1ccccc1)N[C@@H](C)C(=O)N1Cc2ccsc2C=C1OC(=O)OC. The smallest absolute Gasteiger partial charge is 0.465 e. The summed E-state index contributed by atoms with van der Waals surface area (Å²) >= 11 is 1.49. The van der Waals surface area contributed by atoms with Gasteiger partial charge < -0.3 is 14.2 Å². The van der Waals surface area contributed by atoms with Crippen molar-refractivity contribution in [2.75, 3.05) is 13.7 Å². The summed E-state index contributed by atoms with van der Waals surface area (Å²) in [7, 11) is 1.20. The molecule has 1 amide bonds. The van der Waals surface area contributed by atoms with Crippen molar-refractivity contribution in [1.82, 2.24) is 10.2 Å². The third-order valence-corrected chi connectivity index (χ3v) is 6.11. The summed E-state index contributed by atoms with van der Waals surface area (Å²) in [5, 5.41) is 5.02. The van der Waals surface area contributed by atoms with E-state index in [4.69, 9.17) is 9.47 Å². The van der Waals surface area contributed by atoms with Gasteiger partial charge in [0.05, 0.1) is 26.3 Å². The Morgan fingerprint density at radius 2 is 1.94 bits per heavy atom. The van der Waals surface area contributed by atoms with Crippen molar-refractivity contribution in [3.63, 3.8) is 0 Å². The number of fused-ring (bicyclic) bond motifs is 1. The second kappa shape index (κ2) is 11.6. The maximum atomic E-state index is 13.3. The normalized spacial score (nSPS) is 14.5. The second-order valence-corrected chi connectivity index (χ2v) is 8.44. The van der Waals surface area contributed by atoms with E-state index in [1.54, 1.807) is 19.9 Å². The Labute approximate surface area is 197 Å². The summed E-state index contributed by atoms with van der Waals surface area (Å²) in [6, 6.07) is 10.3. The number of amides is 1. The van der Waals surface area contributed by atoms with E-state index < -0.39 is 24.2 Å². The molecule has 9 heteroatoms. The van der Waals surface area contributed by atoms with Gasteiger partial charge in [-0.2, -0.15) is 0 Å². The third kappa shape index (κ3) is 6.43. The van der Waals surface area contributed by atoms with E-state index in [1.807, 2.05) is 41.8 Å². The number of nitrogens with zero attached hydrogens (tertiary/aromatic N) is 1. The number of benzene rings is 1. The predicted molar refractivity (Wildman–Crippen MR) is 124 cm³/mol. The number of aryl methyl sites for hydroxylation is 1. The lowest BCUT2D eigenvalue weighted by Crippen LogP contribution is -2.51. The molecule has 0 aliphatic carbocycles. The molecule has 0 spiro atoms. The average molecular weight is 473 g/mol. The van der Waals surface area contributed by atoms with Gasteiger partial charge in [0.1, 0.15) is 6.04 Å². The van der Waals surface area contributed by atoms with Gasteiger partial charge in [-0.15, -0.1) is 11.3 Å². The van der Waals surface area contributed by atoms with Gasteiger partial charge in [0.2, 0.25) is 11.8 Å². The summed E-state index contributed by atoms with van der Waals surface area (Å²) in [6.07, 6.45) is 1.85. The molecule has 0 fully saturated rings. The van der Waals surface area contributed by atoms with E-state index in [-0.39, 0.29) is 24.9 Å². The van der Waals surface area contributed by atoms with Crippen LogP contribution in [-0.4, -0.2) is 48.7 Å². The summed E-state index contributed by atoms with van der Waals surface area (Å²) in [5.41, 5.74) is 2.04. The van der Waals surface area contributed by atoms with Gasteiger partial charge in [-0.3, -0.25) is 19.8 Å². The first kappa shape index (κ1) is 24.5. The highest BCUT2D eigenvalue weighted by Crippen LogP contribution is 2.30. The topological polar surface area (TPSA) is 94.2 Å². The summed E-state index contributed by atoms with van der Waals surface area (Å²) < 4.78 is 15.1. The van der Waals surface area contributed by atoms with Crippen LogP contribution in [0.3, 0.4) is 0 Å². The Kier molecular flexibility index (Phi) is 8.62. The van der Waals surface area contributed by atoms with Gasteiger partial charge in [0.25, 0.3) is 0 Å². The molecule has 1 aromatic carbocycles. The molecule has 8 nitrogen and oxygen atoms in total. The van der Waals surface area contributed by atoms with Crippen molar-refractivity contribution >= 4 is 35.4 Å². The van der Waals surface area contributed by atoms with Crippen LogP contribution in [0.2, 0.25) is 0 Å². The number of hydrogen-bond acceptors (Lipinski definition) is 8. The number of carbonyl (C=O) groups is 3. The number of ether oxygens (including phenoxy) is 3. The molecule has 1 N–H and O–H groups in total. The molecular weight excluding hydrogens is 444 g/mol. The number of nitrogens with one attached hydrogen (secondary N) is 1. The van der Waals surface area contributed by atoms with Crippen molar-refractivity contribution in [3.8, 4) is 0 Å². The Balaban J connectivity index is 1.73. The van der Waals surface area contributed by atoms with Gasteiger partial charge in [-0.25, -0.2) is 4.79 Å². The molecule has 176 valence electrons. The van der Waals surface area contributed by atoms with Crippen molar-refractivity contribution in [2.24, 2.45) is 0 Å². The van der Waals surface area contributed by atoms with E-state index >= 15 is 0 Å². The molecule has 33 heavy (non-hydrogen) atoms. The quantitative estimate of drug-likeness (QED) is 0.556. The fourth-order valence-electron chi connectivity index (χ4n) is 3.52. The lowest BCUT2D eigenvalue weighted by atomic mass is 10.0. The monoisotopic (exact) mass is 472 g/mol. The summed E-state index contributed by atoms with van der Waals surface area (Å²) in [6.45, 7) is 3.92. The van der Waals surface area contributed by atoms with E-state index in [1.165, 1.54) is 23.3 Å². The maximum absolute atomic E-state index is 13.3. The minimum absolute atomic E-state index is 0.0902. The molecule has 2 aromatic rings. The van der Waals surface area contributed by atoms with Crippen LogP contribution in [0.25, 0.3) is 6.08 Å². The molecule has 3 rings (SSSR count). The first-order chi connectivity index (χ1) is 15.9. The Bertz CT molecular complexity index is 1000. The first-order valence-electron chi connectivity index (χ1n) is 10.7. The van der Waals surface area contributed by atoms with Gasteiger partial charge in [0, 0.05) is 11.0 Å². The molecule has 1 aliphatic heterocycles. The largest absolute Gasteiger partial charge is 0.514 e. The van der Waals surface area contributed by atoms with Crippen LogP contribution < -0.4 is 5.32 Å². The minimum Gasteiger partial charge on any atom is -0.465 e. The zero-order valence-corrected chi connectivity index (χ0v) is 19.7. The zero-order chi connectivity index (χ0) is 23.8. The van der Waals surface area contributed by atoms with Crippen LogP contribution in [0.15, 0.2) is 47.7 Å². The van der Waals surface area contributed by atoms with Crippen LogP contribution in [0, 0.1) is 0 Å². The maximum Gasteiger partial charge on any atom is 0.514 e. The standard InChI is InChI=1S/C24H28N2O6S/c1-4-31-23(28)19(11-10-17-8-6-5-7-9-17)25-16(2)22(27)26-15-18-12-13-33-20(18)14-21(26)32-24(29)30-3/h5-9,12-14,16,19,25H,4,10-11,15H2,1-3H3/t16-,19?/m0/s1. The Morgan fingerprint density at radius 1 is 1.18 bits per heavy atom. The number of methoxy groups -OCH3 is 1. The molecule has 0 saturated heterocycles.